The lowest BCUT2D eigenvalue weighted by Gasteiger charge is -2.32. The first-order chi connectivity index (χ1) is 5.83. The number of hydrogen-bond acceptors (Lipinski definition) is 5. The molecule has 1 aliphatic rings. The van der Waals surface area contributed by atoms with Crippen LogP contribution >= 0.6 is 24.8 Å². The molecule has 0 aromatic carbocycles. The fourth-order valence-electron chi connectivity index (χ4n) is 0.921. The van der Waals surface area contributed by atoms with Gasteiger partial charge >= 0.3 is 11.9 Å². The van der Waals surface area contributed by atoms with Crippen molar-refractivity contribution in [2.45, 2.75) is 19.6 Å². The second-order valence-electron chi connectivity index (χ2n) is 3.01. The molecular formula is C7H8O4S2. The van der Waals surface area contributed by atoms with Gasteiger partial charge in [-0.05, 0) is 0 Å². The summed E-state index contributed by atoms with van der Waals surface area (Å²) < 4.78 is 9.56. The number of carbonyl (C=O) groups is 2. The van der Waals surface area contributed by atoms with Crippen LogP contribution in [0, 0.1) is 5.92 Å². The highest BCUT2D eigenvalue weighted by atomic mass is 32.1. The van der Waals surface area contributed by atoms with Gasteiger partial charge < -0.3 is 9.47 Å². The summed E-state index contributed by atoms with van der Waals surface area (Å²) in [6.45, 7) is 2.95. The Balaban J connectivity index is 2.89. The first-order valence-electron chi connectivity index (χ1n) is 3.52. The Morgan fingerprint density at radius 3 is 2.08 bits per heavy atom. The van der Waals surface area contributed by atoms with Gasteiger partial charge in [0.2, 0.25) is 0 Å². The number of ether oxygens (including phenoxy) is 2. The molecule has 1 fully saturated rings. The predicted molar refractivity (Wildman–Crippen MR) is 51.3 cm³/mol. The number of carbonyl (C=O) groups excluding carboxylic acids is 2. The highest BCUT2D eigenvalue weighted by Gasteiger charge is 2.44. The minimum Gasteiger partial charge on any atom is -0.422 e. The van der Waals surface area contributed by atoms with Gasteiger partial charge in [-0.2, -0.15) is 0 Å². The first-order valence-corrected chi connectivity index (χ1v) is 4.37. The second kappa shape index (κ2) is 3.26. The van der Waals surface area contributed by atoms with Crippen LogP contribution in [0.1, 0.15) is 13.8 Å². The molecule has 0 aromatic rings. The third-order valence-corrected chi connectivity index (χ3v) is 1.91. The minimum atomic E-state index is -1.21. The van der Waals surface area contributed by atoms with Gasteiger partial charge in [0.1, 0.15) is 0 Å². The number of hydrogen-bond donors (Lipinski definition) is 1. The molecule has 0 aliphatic carbocycles. The van der Waals surface area contributed by atoms with E-state index in [-0.39, 0.29) is 4.20 Å². The van der Waals surface area contributed by atoms with Gasteiger partial charge in [0, 0.05) is 13.8 Å². The van der Waals surface area contributed by atoms with Crippen molar-refractivity contribution in [2.75, 3.05) is 0 Å². The lowest BCUT2D eigenvalue weighted by atomic mass is 10.1. The molecule has 1 aliphatic heterocycles. The summed E-state index contributed by atoms with van der Waals surface area (Å²) in [5.41, 5.74) is 0. The van der Waals surface area contributed by atoms with Crippen LogP contribution in [0.15, 0.2) is 0 Å². The summed E-state index contributed by atoms with van der Waals surface area (Å²) in [5.74, 6) is -3.79. The summed E-state index contributed by atoms with van der Waals surface area (Å²) in [5, 5.41) is 0. The standard InChI is InChI=1S/C7H8O4S2/c1-7(2)10-4(8)3(6(12)13)5(9)11-7/h3H,1-2H3,(H,12,13). The molecular weight excluding hydrogens is 212 g/mol. The van der Waals surface area contributed by atoms with Crippen molar-refractivity contribution in [2.24, 2.45) is 5.92 Å². The zero-order valence-corrected chi connectivity index (χ0v) is 8.78. The molecule has 0 amide bonds. The van der Waals surface area contributed by atoms with Crippen molar-refractivity contribution in [3.05, 3.63) is 0 Å². The molecule has 1 saturated heterocycles. The number of esters is 2. The Labute approximate surface area is 86.0 Å². The molecule has 72 valence electrons. The molecule has 6 heteroatoms. The molecule has 13 heavy (non-hydrogen) atoms. The van der Waals surface area contributed by atoms with E-state index in [2.05, 4.69) is 24.8 Å². The number of rotatable bonds is 1. The Kier molecular flexibility index (Phi) is 2.63. The molecule has 1 heterocycles. The summed E-state index contributed by atoms with van der Waals surface area (Å²) in [6.07, 6.45) is 0. The number of thiol groups is 1. The summed E-state index contributed by atoms with van der Waals surface area (Å²) >= 11 is 8.35. The van der Waals surface area contributed by atoms with Gasteiger partial charge in [-0.25, -0.2) is 0 Å². The number of cyclic esters (lactones) is 2. The fourth-order valence-corrected chi connectivity index (χ4v) is 1.32. The summed E-state index contributed by atoms with van der Waals surface area (Å²) in [6, 6.07) is 0. The molecule has 0 unspecified atom stereocenters. The van der Waals surface area contributed by atoms with Crippen LogP contribution in [0.3, 0.4) is 0 Å². The Hall–Kier alpha value is -0.620. The quantitative estimate of drug-likeness (QED) is 0.305. The van der Waals surface area contributed by atoms with Gasteiger partial charge in [0.05, 0.1) is 4.20 Å². The van der Waals surface area contributed by atoms with Crippen LogP contribution in [0.2, 0.25) is 0 Å². The van der Waals surface area contributed by atoms with Gasteiger partial charge in [-0.1, -0.05) is 12.2 Å². The van der Waals surface area contributed by atoms with Crippen LogP contribution in [0.4, 0.5) is 0 Å². The molecule has 0 spiro atoms. The maximum atomic E-state index is 11.2. The average Bonchev–Trinajstić information content (AvgIpc) is 1.78. The molecule has 1 rings (SSSR count). The zero-order chi connectivity index (χ0) is 10.2. The van der Waals surface area contributed by atoms with Crippen molar-refractivity contribution in [3.63, 3.8) is 0 Å². The van der Waals surface area contributed by atoms with E-state index in [1.807, 2.05) is 0 Å². The van der Waals surface area contributed by atoms with Crippen LogP contribution in [0.5, 0.6) is 0 Å². The molecule has 0 radical (unpaired) electrons. The highest BCUT2D eigenvalue weighted by molar-refractivity contribution is 8.11. The van der Waals surface area contributed by atoms with Crippen LogP contribution < -0.4 is 0 Å². The smallest absolute Gasteiger partial charge is 0.329 e. The van der Waals surface area contributed by atoms with Crippen molar-refractivity contribution in [1.29, 1.82) is 0 Å². The van der Waals surface area contributed by atoms with E-state index >= 15 is 0 Å². The maximum absolute atomic E-state index is 11.2. The van der Waals surface area contributed by atoms with E-state index in [4.69, 9.17) is 9.47 Å². The van der Waals surface area contributed by atoms with E-state index in [9.17, 15) is 9.59 Å². The van der Waals surface area contributed by atoms with E-state index in [1.165, 1.54) is 13.8 Å². The van der Waals surface area contributed by atoms with Crippen LogP contribution in [-0.4, -0.2) is 21.9 Å². The Morgan fingerprint density at radius 2 is 1.77 bits per heavy atom. The van der Waals surface area contributed by atoms with E-state index in [0.29, 0.717) is 0 Å². The van der Waals surface area contributed by atoms with Crippen molar-refractivity contribution >= 4 is 41.0 Å². The SMILES string of the molecule is CC1(C)OC(=O)C(C(=S)S)C(=O)O1. The lowest BCUT2D eigenvalue weighted by molar-refractivity contribution is -0.235. The fraction of sp³-hybridized carbons (Fsp3) is 0.571. The zero-order valence-electron chi connectivity index (χ0n) is 7.07. The average molecular weight is 220 g/mol. The van der Waals surface area contributed by atoms with Gasteiger partial charge in [-0.3, -0.25) is 9.59 Å². The van der Waals surface area contributed by atoms with E-state index in [1.54, 1.807) is 0 Å². The topological polar surface area (TPSA) is 52.6 Å². The minimum absolute atomic E-state index is 0.0366. The van der Waals surface area contributed by atoms with Crippen LogP contribution in [-0.2, 0) is 19.1 Å². The molecule has 0 N–H and O–H groups in total. The third kappa shape index (κ3) is 2.19. The van der Waals surface area contributed by atoms with Gasteiger partial charge in [0.15, 0.2) is 5.92 Å². The lowest BCUT2D eigenvalue weighted by Crippen LogP contribution is -2.47. The first kappa shape index (κ1) is 10.5. The van der Waals surface area contributed by atoms with Gasteiger partial charge in [0.25, 0.3) is 5.79 Å². The van der Waals surface area contributed by atoms with Crippen molar-refractivity contribution < 1.29 is 19.1 Å². The monoisotopic (exact) mass is 220 g/mol. The van der Waals surface area contributed by atoms with Crippen LogP contribution in [0.25, 0.3) is 0 Å². The van der Waals surface area contributed by atoms with Crippen molar-refractivity contribution in [3.8, 4) is 0 Å². The molecule has 0 saturated carbocycles. The molecule has 0 atom stereocenters. The largest absolute Gasteiger partial charge is 0.422 e. The Morgan fingerprint density at radius 1 is 1.38 bits per heavy atom. The highest BCUT2D eigenvalue weighted by Crippen LogP contribution is 2.24. The van der Waals surface area contributed by atoms with E-state index < -0.39 is 23.6 Å². The van der Waals surface area contributed by atoms with Crippen molar-refractivity contribution in [1.82, 2.24) is 0 Å². The third-order valence-electron chi connectivity index (χ3n) is 1.41. The number of thiocarbonyl (C=S) groups is 1. The maximum Gasteiger partial charge on any atom is 0.329 e. The summed E-state index contributed by atoms with van der Waals surface area (Å²) in [7, 11) is 0. The Bertz CT molecular complexity index is 264. The molecule has 0 bridgehead atoms. The molecule has 0 aromatic heterocycles. The molecule has 4 nitrogen and oxygen atoms in total. The normalized spacial score (nSPS) is 22.1. The summed E-state index contributed by atoms with van der Waals surface area (Å²) in [4.78, 5) is 22.4. The predicted octanol–water partition coefficient (Wildman–Crippen LogP) is 0.696. The van der Waals surface area contributed by atoms with E-state index in [0.717, 1.165) is 0 Å². The second-order valence-corrected chi connectivity index (χ2v) is 4.24. The van der Waals surface area contributed by atoms with Gasteiger partial charge in [-0.15, -0.1) is 12.6 Å².